The molecule has 1 aromatic carbocycles. The molecule has 2 aromatic rings. The normalized spacial score (nSPS) is 19.8. The minimum absolute atomic E-state index is 0.141. The summed E-state index contributed by atoms with van der Waals surface area (Å²) in [5.74, 6) is -2.03. The Morgan fingerprint density at radius 3 is 2.50 bits per heavy atom. The van der Waals surface area contributed by atoms with Gasteiger partial charge in [-0.05, 0) is 42.8 Å². The van der Waals surface area contributed by atoms with E-state index in [-0.39, 0.29) is 10.6 Å². The quantitative estimate of drug-likeness (QED) is 0.205. The number of halogens is 5. The molecule has 0 bridgehead atoms. The van der Waals surface area contributed by atoms with Crippen molar-refractivity contribution in [2.24, 2.45) is 5.92 Å². The van der Waals surface area contributed by atoms with Crippen LogP contribution in [0.3, 0.4) is 0 Å². The summed E-state index contributed by atoms with van der Waals surface area (Å²) in [5.41, 5.74) is 1.21. The van der Waals surface area contributed by atoms with Crippen molar-refractivity contribution in [1.29, 1.82) is 0 Å². The van der Waals surface area contributed by atoms with E-state index in [0.29, 0.717) is 34.3 Å². The standard InChI is InChI=1S/C23H20Cl5N3O2S/c1-3-17(26)16(21(32)30-5-4-18-29-6-7-34-18)8-12(2)31-22(33)20-19(23(20,27)28)13-9-14(24)11-15(25)10-13/h3,6-11,19-20H,1,4-5H2,2H3,(H,30,32)(H,31,33)/b12-8+,17-16-. The van der Waals surface area contributed by atoms with Gasteiger partial charge in [0.15, 0.2) is 0 Å². The van der Waals surface area contributed by atoms with E-state index in [1.54, 1.807) is 31.3 Å². The molecule has 1 aliphatic carbocycles. The first-order valence-electron chi connectivity index (χ1n) is 10.1. The van der Waals surface area contributed by atoms with Crippen LogP contribution in [0, 0.1) is 5.92 Å². The highest BCUT2D eigenvalue weighted by atomic mass is 35.5. The minimum Gasteiger partial charge on any atom is -0.352 e. The monoisotopic (exact) mass is 577 g/mol. The number of thiazole rings is 1. The molecular formula is C23H20Cl5N3O2S. The molecule has 2 amide bonds. The van der Waals surface area contributed by atoms with E-state index in [2.05, 4.69) is 22.2 Å². The van der Waals surface area contributed by atoms with Crippen LogP contribution in [0.15, 0.2) is 64.8 Å². The average molecular weight is 580 g/mol. The molecular weight excluding hydrogens is 560 g/mol. The Morgan fingerprint density at radius 2 is 1.91 bits per heavy atom. The van der Waals surface area contributed by atoms with Gasteiger partial charge >= 0.3 is 0 Å². The number of amides is 2. The van der Waals surface area contributed by atoms with E-state index in [1.807, 2.05) is 5.38 Å². The molecule has 0 aliphatic heterocycles. The zero-order valence-corrected chi connectivity index (χ0v) is 22.5. The fourth-order valence-corrected chi connectivity index (χ4v) is 5.59. The molecule has 1 aliphatic rings. The summed E-state index contributed by atoms with van der Waals surface area (Å²) in [7, 11) is 0. The van der Waals surface area contributed by atoms with Gasteiger partial charge in [0, 0.05) is 46.2 Å². The number of nitrogens with one attached hydrogen (secondary N) is 2. The maximum Gasteiger partial charge on any atom is 0.252 e. The first kappa shape index (κ1) is 27.1. The molecule has 2 unspecified atom stereocenters. The molecule has 3 rings (SSSR count). The predicted octanol–water partition coefficient (Wildman–Crippen LogP) is 6.40. The van der Waals surface area contributed by atoms with Crippen LogP contribution >= 0.6 is 69.3 Å². The van der Waals surface area contributed by atoms with Gasteiger partial charge in [-0.2, -0.15) is 0 Å². The number of nitrogens with zero attached hydrogens (tertiary/aromatic N) is 1. The second-order valence-electron chi connectivity index (χ2n) is 7.55. The number of hydrogen-bond donors (Lipinski definition) is 2. The summed E-state index contributed by atoms with van der Waals surface area (Å²) in [6, 6.07) is 4.93. The predicted molar refractivity (Wildman–Crippen MR) is 141 cm³/mol. The van der Waals surface area contributed by atoms with Crippen LogP contribution in [0.5, 0.6) is 0 Å². The van der Waals surface area contributed by atoms with Crippen LogP contribution in [0.25, 0.3) is 0 Å². The molecule has 2 N–H and O–H groups in total. The van der Waals surface area contributed by atoms with Crippen LogP contribution in [0.1, 0.15) is 23.4 Å². The van der Waals surface area contributed by atoms with Gasteiger partial charge in [0.2, 0.25) is 5.91 Å². The van der Waals surface area contributed by atoms with Crippen molar-refractivity contribution in [2.45, 2.75) is 23.6 Å². The maximum absolute atomic E-state index is 12.9. The molecule has 0 radical (unpaired) electrons. The number of carbonyl (C=O) groups excluding carboxylic acids is 2. The number of aromatic nitrogens is 1. The lowest BCUT2D eigenvalue weighted by Crippen LogP contribution is -2.29. The van der Waals surface area contributed by atoms with Gasteiger partial charge < -0.3 is 10.6 Å². The highest BCUT2D eigenvalue weighted by Gasteiger charge is 2.67. The number of carbonyl (C=O) groups is 2. The first-order chi connectivity index (χ1) is 16.0. The number of alkyl halides is 2. The summed E-state index contributed by atoms with van der Waals surface area (Å²) in [4.78, 5) is 29.8. The number of benzene rings is 1. The fraction of sp³-hybridized carbons (Fsp3) is 0.261. The zero-order chi connectivity index (χ0) is 25.0. The Bertz CT molecular complexity index is 1140. The Morgan fingerprint density at radius 1 is 1.24 bits per heavy atom. The Labute approximate surface area is 226 Å². The molecule has 1 aromatic heterocycles. The van der Waals surface area contributed by atoms with Crippen molar-refractivity contribution in [3.63, 3.8) is 0 Å². The molecule has 1 heterocycles. The highest BCUT2D eigenvalue weighted by Crippen LogP contribution is 2.65. The van der Waals surface area contributed by atoms with Crippen molar-refractivity contribution in [3.8, 4) is 0 Å². The molecule has 180 valence electrons. The number of rotatable bonds is 9. The summed E-state index contributed by atoms with van der Waals surface area (Å²) in [6.45, 7) is 5.63. The van der Waals surface area contributed by atoms with Crippen LogP contribution < -0.4 is 10.6 Å². The Hall–Kier alpha value is -1.54. The van der Waals surface area contributed by atoms with Crippen LogP contribution in [-0.2, 0) is 16.0 Å². The largest absolute Gasteiger partial charge is 0.352 e. The van der Waals surface area contributed by atoms with Crippen molar-refractivity contribution in [1.82, 2.24) is 15.6 Å². The van der Waals surface area contributed by atoms with Crippen molar-refractivity contribution in [2.75, 3.05) is 6.54 Å². The van der Waals surface area contributed by atoms with Crippen molar-refractivity contribution < 1.29 is 9.59 Å². The lowest BCUT2D eigenvalue weighted by atomic mass is 10.1. The van der Waals surface area contributed by atoms with E-state index in [1.165, 1.54) is 23.5 Å². The first-order valence-corrected chi connectivity index (χ1v) is 12.8. The van der Waals surface area contributed by atoms with E-state index >= 15 is 0 Å². The number of hydrogen-bond acceptors (Lipinski definition) is 4. The fourth-order valence-electron chi connectivity index (χ4n) is 3.45. The third-order valence-corrected chi connectivity index (χ3v) is 7.62. The molecule has 0 spiro atoms. The zero-order valence-electron chi connectivity index (χ0n) is 17.9. The van der Waals surface area contributed by atoms with E-state index in [9.17, 15) is 9.59 Å². The van der Waals surface area contributed by atoms with E-state index in [0.717, 1.165) is 5.01 Å². The second kappa shape index (κ2) is 11.5. The van der Waals surface area contributed by atoms with Gasteiger partial charge in [-0.3, -0.25) is 9.59 Å². The molecule has 5 nitrogen and oxygen atoms in total. The molecule has 34 heavy (non-hydrogen) atoms. The summed E-state index contributed by atoms with van der Waals surface area (Å²) < 4.78 is -1.32. The Balaban J connectivity index is 1.68. The van der Waals surface area contributed by atoms with Gasteiger partial charge in [-0.15, -0.1) is 34.5 Å². The van der Waals surface area contributed by atoms with Crippen LogP contribution in [-0.4, -0.2) is 27.7 Å². The topological polar surface area (TPSA) is 71.1 Å². The molecule has 11 heteroatoms. The number of allylic oxidation sites excluding steroid dienone is 3. The van der Waals surface area contributed by atoms with E-state index in [4.69, 9.17) is 58.0 Å². The lowest BCUT2D eigenvalue weighted by Gasteiger charge is -2.10. The van der Waals surface area contributed by atoms with Gasteiger partial charge in [0.25, 0.3) is 5.91 Å². The summed E-state index contributed by atoms with van der Waals surface area (Å²) in [6.07, 6.45) is 5.12. The molecule has 1 fully saturated rings. The van der Waals surface area contributed by atoms with Gasteiger partial charge in [0.05, 0.1) is 21.5 Å². The van der Waals surface area contributed by atoms with Crippen LogP contribution in [0.4, 0.5) is 0 Å². The molecule has 2 atom stereocenters. The molecule has 1 saturated carbocycles. The smallest absolute Gasteiger partial charge is 0.252 e. The lowest BCUT2D eigenvalue weighted by molar-refractivity contribution is -0.121. The second-order valence-corrected chi connectivity index (χ2v) is 11.3. The van der Waals surface area contributed by atoms with Crippen molar-refractivity contribution in [3.05, 3.63) is 85.4 Å². The maximum atomic E-state index is 12.9. The van der Waals surface area contributed by atoms with Crippen molar-refractivity contribution >= 4 is 81.2 Å². The van der Waals surface area contributed by atoms with Gasteiger partial charge in [0.1, 0.15) is 4.33 Å². The van der Waals surface area contributed by atoms with Gasteiger partial charge in [-0.1, -0.05) is 41.4 Å². The van der Waals surface area contributed by atoms with E-state index < -0.39 is 28.0 Å². The van der Waals surface area contributed by atoms with Gasteiger partial charge in [-0.25, -0.2) is 4.98 Å². The average Bonchev–Trinajstić information content (AvgIpc) is 3.07. The summed E-state index contributed by atoms with van der Waals surface area (Å²) >= 11 is 32.7. The third-order valence-electron chi connectivity index (χ3n) is 5.05. The van der Waals surface area contributed by atoms with Crippen LogP contribution in [0.2, 0.25) is 10.0 Å². The summed E-state index contributed by atoms with van der Waals surface area (Å²) in [5, 5.41) is 9.29. The third kappa shape index (κ3) is 6.56. The highest BCUT2D eigenvalue weighted by molar-refractivity contribution is 7.09. The molecule has 0 saturated heterocycles. The Kier molecular flexibility index (Phi) is 9.12. The minimum atomic E-state index is -1.32. The SMILES string of the molecule is C=C/C(Cl)=C(\C=C(/C)NC(=O)C1C(c2cc(Cl)cc(Cl)c2)C1(Cl)Cl)C(=O)NCCc1nccs1.